The van der Waals surface area contributed by atoms with Gasteiger partial charge in [0, 0.05) is 28.7 Å². The summed E-state index contributed by atoms with van der Waals surface area (Å²) in [6.07, 6.45) is 4.72. The van der Waals surface area contributed by atoms with Gasteiger partial charge in [0.2, 0.25) is 0 Å². The minimum absolute atomic E-state index is 0.237. The number of rotatable bonds is 7. The molecule has 0 radical (unpaired) electrons. The number of nitrogens with one attached hydrogen (secondary N) is 1. The monoisotopic (exact) mass is 415 g/mol. The molecule has 0 spiro atoms. The molecule has 2 aromatic carbocycles. The number of hydrogen-bond acceptors (Lipinski definition) is 2. The highest BCUT2D eigenvalue weighted by Crippen LogP contribution is 2.38. The van der Waals surface area contributed by atoms with Crippen LogP contribution in [-0.2, 0) is 6.42 Å². The number of aliphatic hydroxyl groups excluding tert-OH is 1. The molecular formula is C24H27Cl2NO. The van der Waals surface area contributed by atoms with Crippen molar-refractivity contribution in [2.45, 2.75) is 46.0 Å². The van der Waals surface area contributed by atoms with Gasteiger partial charge in [-0.05, 0) is 91.1 Å². The third kappa shape index (κ3) is 4.74. The highest BCUT2D eigenvalue weighted by atomic mass is 35.5. The Labute approximate surface area is 177 Å². The molecule has 28 heavy (non-hydrogen) atoms. The quantitative estimate of drug-likeness (QED) is 0.454. The summed E-state index contributed by atoms with van der Waals surface area (Å²) in [5.74, 6) is 0.237. The van der Waals surface area contributed by atoms with Gasteiger partial charge in [-0.2, -0.15) is 0 Å². The first-order chi connectivity index (χ1) is 13.4. The van der Waals surface area contributed by atoms with Crippen molar-refractivity contribution in [2.24, 2.45) is 0 Å². The van der Waals surface area contributed by atoms with E-state index in [1.54, 1.807) is 0 Å². The van der Waals surface area contributed by atoms with E-state index in [1.807, 2.05) is 18.2 Å². The molecule has 0 fully saturated rings. The molecule has 0 aliphatic heterocycles. The van der Waals surface area contributed by atoms with Crippen molar-refractivity contribution in [3.8, 4) is 0 Å². The van der Waals surface area contributed by atoms with Crippen LogP contribution in [0.3, 0.4) is 0 Å². The van der Waals surface area contributed by atoms with Gasteiger partial charge in [-0.1, -0.05) is 41.9 Å². The molecule has 4 heteroatoms. The lowest BCUT2D eigenvalue weighted by atomic mass is 9.97. The number of allylic oxidation sites excluding steroid dienone is 2. The molecule has 0 aromatic heterocycles. The Morgan fingerprint density at radius 3 is 2.61 bits per heavy atom. The third-order valence-electron chi connectivity index (χ3n) is 5.66. The molecule has 0 bridgehead atoms. The van der Waals surface area contributed by atoms with Gasteiger partial charge < -0.3 is 10.4 Å². The van der Waals surface area contributed by atoms with E-state index in [4.69, 9.17) is 23.2 Å². The number of benzene rings is 2. The predicted octanol–water partition coefficient (Wildman–Crippen LogP) is 7.66. The van der Waals surface area contributed by atoms with Gasteiger partial charge in [0.05, 0.1) is 5.76 Å². The normalized spacial score (nSPS) is 13.9. The van der Waals surface area contributed by atoms with Gasteiger partial charge in [-0.15, -0.1) is 0 Å². The van der Waals surface area contributed by atoms with Gasteiger partial charge in [0.1, 0.15) is 0 Å². The maximum Gasteiger partial charge on any atom is 0.0854 e. The first-order valence-corrected chi connectivity index (χ1v) is 10.5. The third-order valence-corrected chi connectivity index (χ3v) is 6.21. The molecule has 2 N–H and O–H groups in total. The van der Waals surface area contributed by atoms with Gasteiger partial charge in [0.25, 0.3) is 0 Å². The maximum absolute atomic E-state index is 9.36. The SMILES string of the molecule is C=C(O)CCc1ccc(NCC2=C(c3ccc(Cl)cc3Cl)CCC2)c(C)c1C. The molecular weight excluding hydrogens is 389 g/mol. The molecule has 0 amide bonds. The van der Waals surface area contributed by atoms with E-state index in [-0.39, 0.29) is 5.76 Å². The Morgan fingerprint density at radius 1 is 1.11 bits per heavy atom. The van der Waals surface area contributed by atoms with Crippen LogP contribution in [0.2, 0.25) is 10.0 Å². The van der Waals surface area contributed by atoms with E-state index in [0.717, 1.165) is 48.5 Å². The minimum atomic E-state index is 0.237. The van der Waals surface area contributed by atoms with Crippen LogP contribution in [0.5, 0.6) is 0 Å². The second-order valence-corrected chi connectivity index (χ2v) is 8.35. The summed E-state index contributed by atoms with van der Waals surface area (Å²) in [7, 11) is 0. The van der Waals surface area contributed by atoms with E-state index in [2.05, 4.69) is 37.9 Å². The molecule has 3 rings (SSSR count). The lowest BCUT2D eigenvalue weighted by Gasteiger charge is -2.17. The molecule has 2 nitrogen and oxygen atoms in total. The highest BCUT2D eigenvalue weighted by molar-refractivity contribution is 6.35. The summed E-state index contributed by atoms with van der Waals surface area (Å²) in [6.45, 7) is 8.69. The van der Waals surface area contributed by atoms with Crippen LogP contribution in [-0.4, -0.2) is 11.7 Å². The standard InChI is InChI=1S/C24H27Cl2NO/c1-15(28)7-8-18-9-12-24(17(3)16(18)2)27-14-19-5-4-6-21(19)22-11-10-20(25)13-23(22)26/h9-13,27-28H,1,4-8,14H2,2-3H3. The van der Waals surface area contributed by atoms with Crippen molar-refractivity contribution in [1.82, 2.24) is 0 Å². The summed E-state index contributed by atoms with van der Waals surface area (Å²) < 4.78 is 0. The van der Waals surface area contributed by atoms with Crippen molar-refractivity contribution in [2.75, 3.05) is 11.9 Å². The number of hydrogen-bond donors (Lipinski definition) is 2. The van der Waals surface area contributed by atoms with Gasteiger partial charge in [-0.3, -0.25) is 0 Å². The summed E-state index contributed by atoms with van der Waals surface area (Å²) in [5, 5.41) is 14.4. The van der Waals surface area contributed by atoms with Crippen LogP contribution in [0.4, 0.5) is 5.69 Å². The van der Waals surface area contributed by atoms with E-state index in [1.165, 1.54) is 27.8 Å². The van der Waals surface area contributed by atoms with Crippen molar-refractivity contribution in [3.63, 3.8) is 0 Å². The number of halogens is 2. The molecule has 0 saturated heterocycles. The number of anilines is 1. The van der Waals surface area contributed by atoms with E-state index in [9.17, 15) is 5.11 Å². The molecule has 0 heterocycles. The van der Waals surface area contributed by atoms with E-state index >= 15 is 0 Å². The summed E-state index contributed by atoms with van der Waals surface area (Å²) >= 11 is 12.5. The zero-order chi connectivity index (χ0) is 20.3. The van der Waals surface area contributed by atoms with E-state index < -0.39 is 0 Å². The minimum Gasteiger partial charge on any atom is -0.513 e. The zero-order valence-corrected chi connectivity index (χ0v) is 18.1. The summed E-state index contributed by atoms with van der Waals surface area (Å²) in [6, 6.07) is 10.1. The number of aryl methyl sites for hydroxylation is 1. The van der Waals surface area contributed by atoms with Crippen molar-refractivity contribution >= 4 is 34.5 Å². The average Bonchev–Trinajstić information content (AvgIpc) is 3.10. The van der Waals surface area contributed by atoms with Crippen LogP contribution in [0.1, 0.15) is 47.9 Å². The fourth-order valence-corrected chi connectivity index (χ4v) is 4.40. The molecule has 1 aliphatic carbocycles. The largest absolute Gasteiger partial charge is 0.513 e. The van der Waals surface area contributed by atoms with Gasteiger partial charge >= 0.3 is 0 Å². The van der Waals surface area contributed by atoms with Gasteiger partial charge in [-0.25, -0.2) is 0 Å². The molecule has 148 valence electrons. The molecule has 1 aliphatic rings. The zero-order valence-electron chi connectivity index (χ0n) is 16.5. The predicted molar refractivity (Wildman–Crippen MR) is 122 cm³/mol. The smallest absolute Gasteiger partial charge is 0.0854 e. The lowest BCUT2D eigenvalue weighted by Crippen LogP contribution is -2.07. The lowest BCUT2D eigenvalue weighted by molar-refractivity contribution is 0.391. The van der Waals surface area contributed by atoms with Gasteiger partial charge in [0.15, 0.2) is 0 Å². The molecule has 0 unspecified atom stereocenters. The Morgan fingerprint density at radius 2 is 1.89 bits per heavy atom. The number of aliphatic hydroxyl groups is 1. The van der Waals surface area contributed by atoms with Crippen LogP contribution >= 0.6 is 23.2 Å². The highest BCUT2D eigenvalue weighted by Gasteiger charge is 2.18. The van der Waals surface area contributed by atoms with Crippen molar-refractivity contribution in [3.05, 3.63) is 80.5 Å². The Hall–Kier alpha value is -1.90. The summed E-state index contributed by atoms with van der Waals surface area (Å²) in [5.41, 5.74) is 8.81. The molecule has 2 aromatic rings. The maximum atomic E-state index is 9.36. The Balaban J connectivity index is 1.77. The first-order valence-electron chi connectivity index (χ1n) is 9.73. The first kappa shape index (κ1) is 20.8. The second kappa shape index (κ2) is 9.07. The summed E-state index contributed by atoms with van der Waals surface area (Å²) in [4.78, 5) is 0. The molecule has 0 atom stereocenters. The fraction of sp³-hybridized carbons (Fsp3) is 0.333. The topological polar surface area (TPSA) is 32.3 Å². The van der Waals surface area contributed by atoms with Crippen molar-refractivity contribution < 1.29 is 5.11 Å². The second-order valence-electron chi connectivity index (χ2n) is 7.50. The Kier molecular flexibility index (Phi) is 6.74. The van der Waals surface area contributed by atoms with E-state index in [0.29, 0.717) is 11.4 Å². The van der Waals surface area contributed by atoms with Crippen LogP contribution < -0.4 is 5.32 Å². The Bertz CT molecular complexity index is 930. The molecule has 0 saturated carbocycles. The van der Waals surface area contributed by atoms with Crippen LogP contribution in [0, 0.1) is 13.8 Å². The average molecular weight is 416 g/mol. The fourth-order valence-electron chi connectivity index (χ4n) is 3.88. The van der Waals surface area contributed by atoms with Crippen LogP contribution in [0.25, 0.3) is 5.57 Å². The van der Waals surface area contributed by atoms with Crippen molar-refractivity contribution in [1.29, 1.82) is 0 Å². The van der Waals surface area contributed by atoms with Crippen LogP contribution in [0.15, 0.2) is 48.2 Å².